The van der Waals surface area contributed by atoms with Crippen LogP contribution in [0.25, 0.3) is 0 Å². The van der Waals surface area contributed by atoms with Crippen LogP contribution >= 0.6 is 0 Å². The van der Waals surface area contributed by atoms with Gasteiger partial charge in [0.25, 0.3) is 0 Å². The Hall–Kier alpha value is -2.38. The van der Waals surface area contributed by atoms with Gasteiger partial charge in [-0.1, -0.05) is 0 Å². The summed E-state index contributed by atoms with van der Waals surface area (Å²) in [6, 6.07) is 7.78. The quantitative estimate of drug-likeness (QED) is 0.698. The molecular weight excluding hydrogens is 369 g/mol. The van der Waals surface area contributed by atoms with E-state index in [1.54, 1.807) is 24.5 Å². The number of hydrogen-bond acceptors (Lipinski definition) is 6. The molecule has 2 fully saturated rings. The lowest BCUT2D eigenvalue weighted by atomic mass is 9.89. The highest BCUT2D eigenvalue weighted by molar-refractivity contribution is 5.97. The molecule has 29 heavy (non-hydrogen) atoms. The van der Waals surface area contributed by atoms with Crippen molar-refractivity contribution in [3.8, 4) is 0 Å². The van der Waals surface area contributed by atoms with Gasteiger partial charge in [0.15, 0.2) is 5.78 Å². The molecule has 2 saturated heterocycles. The molecule has 1 aromatic carbocycles. The van der Waals surface area contributed by atoms with Crippen molar-refractivity contribution in [3.63, 3.8) is 0 Å². The molecule has 4 rings (SSSR count). The van der Waals surface area contributed by atoms with Gasteiger partial charge in [-0.05, 0) is 56.3 Å². The standard InChI is InChI=1S/C22H28FN5O/c23-20-4-2-18(3-5-20)21(29)19-6-10-26(11-7-19)12-13-27-14-16-28(17-15-27)22-24-8-1-9-25-22/h1-5,8-9,19H,6-7,10-17H2. The Labute approximate surface area is 171 Å². The van der Waals surface area contributed by atoms with Crippen molar-refractivity contribution < 1.29 is 9.18 Å². The Bertz CT molecular complexity index is 785. The summed E-state index contributed by atoms with van der Waals surface area (Å²) in [7, 11) is 0. The normalized spacial score (nSPS) is 19.4. The van der Waals surface area contributed by atoms with Crippen LogP contribution in [0, 0.1) is 11.7 Å². The van der Waals surface area contributed by atoms with Gasteiger partial charge in [-0.3, -0.25) is 9.69 Å². The zero-order valence-electron chi connectivity index (χ0n) is 16.7. The van der Waals surface area contributed by atoms with Crippen molar-refractivity contribution in [1.29, 1.82) is 0 Å². The minimum Gasteiger partial charge on any atom is -0.338 e. The topological polar surface area (TPSA) is 52.6 Å². The van der Waals surface area contributed by atoms with E-state index in [-0.39, 0.29) is 17.5 Å². The zero-order valence-corrected chi connectivity index (χ0v) is 16.7. The fourth-order valence-electron chi connectivity index (χ4n) is 4.18. The fourth-order valence-corrected chi connectivity index (χ4v) is 4.18. The third kappa shape index (κ3) is 5.16. The highest BCUT2D eigenvalue weighted by atomic mass is 19.1. The largest absolute Gasteiger partial charge is 0.338 e. The zero-order chi connectivity index (χ0) is 20.1. The van der Waals surface area contributed by atoms with Gasteiger partial charge in [0.1, 0.15) is 5.82 Å². The number of carbonyl (C=O) groups excluding carboxylic acids is 1. The molecule has 0 saturated carbocycles. The van der Waals surface area contributed by atoms with E-state index in [9.17, 15) is 9.18 Å². The van der Waals surface area contributed by atoms with Gasteiger partial charge in [0.2, 0.25) is 5.95 Å². The van der Waals surface area contributed by atoms with Gasteiger partial charge >= 0.3 is 0 Å². The monoisotopic (exact) mass is 397 g/mol. The van der Waals surface area contributed by atoms with Crippen molar-refractivity contribution >= 4 is 11.7 Å². The number of likely N-dealkylation sites (tertiary alicyclic amines) is 1. The molecule has 3 heterocycles. The lowest BCUT2D eigenvalue weighted by Gasteiger charge is -2.37. The molecule has 2 aliphatic heterocycles. The number of nitrogens with zero attached hydrogens (tertiary/aromatic N) is 5. The summed E-state index contributed by atoms with van der Waals surface area (Å²) in [5.41, 5.74) is 0.630. The van der Waals surface area contributed by atoms with Crippen molar-refractivity contribution in [1.82, 2.24) is 19.8 Å². The highest BCUT2D eigenvalue weighted by Gasteiger charge is 2.26. The Morgan fingerprint density at radius 2 is 1.48 bits per heavy atom. The van der Waals surface area contributed by atoms with Gasteiger partial charge in [-0.15, -0.1) is 0 Å². The predicted octanol–water partition coefficient (Wildman–Crippen LogP) is 2.33. The molecule has 7 heteroatoms. The van der Waals surface area contributed by atoms with Crippen LogP contribution in [0.2, 0.25) is 0 Å². The number of anilines is 1. The SMILES string of the molecule is O=C(c1ccc(F)cc1)C1CCN(CCN2CCN(c3ncccn3)CC2)CC1. The summed E-state index contributed by atoms with van der Waals surface area (Å²) in [5, 5.41) is 0. The maximum absolute atomic E-state index is 13.1. The minimum atomic E-state index is -0.298. The summed E-state index contributed by atoms with van der Waals surface area (Å²) in [6.45, 7) is 7.97. The van der Waals surface area contributed by atoms with Gasteiger partial charge in [0.05, 0.1) is 0 Å². The smallest absolute Gasteiger partial charge is 0.225 e. The lowest BCUT2D eigenvalue weighted by molar-refractivity contribution is 0.0828. The Kier molecular flexibility index (Phi) is 6.46. The first kappa shape index (κ1) is 19.9. The first-order valence-electron chi connectivity index (χ1n) is 10.5. The van der Waals surface area contributed by atoms with E-state index >= 15 is 0 Å². The maximum Gasteiger partial charge on any atom is 0.225 e. The molecule has 2 aromatic rings. The van der Waals surface area contributed by atoms with E-state index < -0.39 is 0 Å². The number of hydrogen-bond donors (Lipinski definition) is 0. The van der Waals surface area contributed by atoms with Gasteiger partial charge in [0, 0.05) is 63.1 Å². The van der Waals surface area contributed by atoms with E-state index in [4.69, 9.17) is 0 Å². The molecule has 0 atom stereocenters. The van der Waals surface area contributed by atoms with Crippen LogP contribution < -0.4 is 4.90 Å². The third-order valence-electron chi connectivity index (χ3n) is 6.03. The molecule has 0 radical (unpaired) electrons. The molecule has 2 aliphatic rings. The molecule has 0 spiro atoms. The van der Waals surface area contributed by atoms with Gasteiger partial charge < -0.3 is 9.80 Å². The summed E-state index contributed by atoms with van der Waals surface area (Å²) >= 11 is 0. The number of ketones is 1. The number of rotatable bonds is 6. The maximum atomic E-state index is 13.1. The average Bonchev–Trinajstić information content (AvgIpc) is 2.79. The van der Waals surface area contributed by atoms with Crippen molar-refractivity contribution in [2.45, 2.75) is 12.8 Å². The van der Waals surface area contributed by atoms with Gasteiger partial charge in [-0.2, -0.15) is 0 Å². The second-order valence-electron chi connectivity index (χ2n) is 7.86. The van der Waals surface area contributed by atoms with E-state index in [0.717, 1.165) is 71.1 Å². The second kappa shape index (κ2) is 9.41. The van der Waals surface area contributed by atoms with Crippen LogP contribution in [-0.4, -0.2) is 77.9 Å². The summed E-state index contributed by atoms with van der Waals surface area (Å²) < 4.78 is 13.1. The van der Waals surface area contributed by atoms with Crippen molar-refractivity contribution in [2.75, 3.05) is 57.3 Å². The van der Waals surface area contributed by atoms with Gasteiger partial charge in [-0.25, -0.2) is 14.4 Å². The predicted molar refractivity (Wildman–Crippen MR) is 111 cm³/mol. The van der Waals surface area contributed by atoms with Crippen LogP contribution in [0.15, 0.2) is 42.7 Å². The number of halogens is 1. The summed E-state index contributed by atoms with van der Waals surface area (Å²) in [4.78, 5) is 28.5. The van der Waals surface area contributed by atoms with Crippen LogP contribution in [0.1, 0.15) is 23.2 Å². The van der Waals surface area contributed by atoms with E-state index in [2.05, 4.69) is 24.7 Å². The first-order valence-corrected chi connectivity index (χ1v) is 10.5. The highest BCUT2D eigenvalue weighted by Crippen LogP contribution is 2.22. The summed E-state index contributed by atoms with van der Waals surface area (Å²) in [6.07, 6.45) is 5.35. The lowest BCUT2D eigenvalue weighted by Crippen LogP contribution is -2.49. The molecule has 0 N–H and O–H groups in total. The van der Waals surface area contributed by atoms with E-state index in [0.29, 0.717) is 5.56 Å². The first-order chi connectivity index (χ1) is 14.2. The van der Waals surface area contributed by atoms with Crippen LogP contribution in [0.4, 0.5) is 10.3 Å². The molecule has 6 nitrogen and oxygen atoms in total. The Morgan fingerprint density at radius 1 is 0.897 bits per heavy atom. The molecule has 0 bridgehead atoms. The Morgan fingerprint density at radius 3 is 2.10 bits per heavy atom. The molecule has 0 amide bonds. The van der Waals surface area contributed by atoms with Crippen LogP contribution in [0.3, 0.4) is 0 Å². The molecule has 1 aromatic heterocycles. The number of piperazine rings is 1. The number of aromatic nitrogens is 2. The number of piperidine rings is 1. The Balaban J connectivity index is 1.17. The summed E-state index contributed by atoms with van der Waals surface area (Å²) in [5.74, 6) is 0.739. The number of carbonyl (C=O) groups is 1. The second-order valence-corrected chi connectivity index (χ2v) is 7.86. The molecule has 0 aliphatic carbocycles. The van der Waals surface area contributed by atoms with Crippen molar-refractivity contribution in [3.05, 3.63) is 54.1 Å². The minimum absolute atomic E-state index is 0.0612. The van der Waals surface area contributed by atoms with E-state index in [1.807, 2.05) is 6.07 Å². The van der Waals surface area contributed by atoms with Crippen LogP contribution in [0.5, 0.6) is 0 Å². The molecule has 154 valence electrons. The molecular formula is C22H28FN5O. The third-order valence-corrected chi connectivity index (χ3v) is 6.03. The average molecular weight is 397 g/mol. The fraction of sp³-hybridized carbons (Fsp3) is 0.500. The van der Waals surface area contributed by atoms with E-state index in [1.165, 1.54) is 12.1 Å². The van der Waals surface area contributed by atoms with Crippen molar-refractivity contribution in [2.24, 2.45) is 5.92 Å². The number of Topliss-reactive ketones (excluding diaryl/α,β-unsaturated/α-hetero) is 1. The van der Waals surface area contributed by atoms with Crippen LogP contribution in [-0.2, 0) is 0 Å². The molecule has 0 unspecified atom stereocenters. The number of benzene rings is 1.